The number of ether oxygens (including phenoxy) is 1. The molecule has 1 unspecified atom stereocenters. The fourth-order valence-electron chi connectivity index (χ4n) is 3.88. The summed E-state index contributed by atoms with van der Waals surface area (Å²) in [6.45, 7) is 1.56. The first-order chi connectivity index (χ1) is 14.6. The molecular formula is C20H18FN7O2. The third-order valence-corrected chi connectivity index (χ3v) is 5.29. The molecule has 0 radical (unpaired) electrons. The summed E-state index contributed by atoms with van der Waals surface area (Å²) in [5.74, 6) is 0.218. The quantitative estimate of drug-likeness (QED) is 0.650. The van der Waals surface area contributed by atoms with Crippen LogP contribution in [0.2, 0.25) is 0 Å². The van der Waals surface area contributed by atoms with Gasteiger partial charge in [-0.15, -0.1) is 0 Å². The van der Waals surface area contributed by atoms with Gasteiger partial charge in [0.25, 0.3) is 5.91 Å². The Hall–Kier alpha value is -3.82. The van der Waals surface area contributed by atoms with E-state index in [0.29, 0.717) is 37.1 Å². The van der Waals surface area contributed by atoms with Gasteiger partial charge in [-0.2, -0.15) is 20.0 Å². The van der Waals surface area contributed by atoms with Crippen LogP contribution in [-0.4, -0.2) is 62.5 Å². The van der Waals surface area contributed by atoms with Crippen molar-refractivity contribution in [3.63, 3.8) is 0 Å². The minimum atomic E-state index is -0.591. The Bertz CT molecular complexity index is 1130. The lowest BCUT2D eigenvalue weighted by Crippen LogP contribution is -2.33. The van der Waals surface area contributed by atoms with E-state index in [9.17, 15) is 9.18 Å². The predicted octanol–water partition coefficient (Wildman–Crippen LogP) is 1.68. The van der Waals surface area contributed by atoms with Gasteiger partial charge in [-0.3, -0.25) is 4.79 Å². The van der Waals surface area contributed by atoms with Crippen LogP contribution in [0.1, 0.15) is 10.4 Å². The van der Waals surface area contributed by atoms with E-state index in [0.717, 1.165) is 5.57 Å². The van der Waals surface area contributed by atoms with E-state index in [4.69, 9.17) is 4.74 Å². The first-order valence-corrected chi connectivity index (χ1v) is 9.43. The minimum absolute atomic E-state index is 0.0257. The largest absolute Gasteiger partial charge is 0.481 e. The molecule has 3 aromatic rings. The lowest BCUT2D eigenvalue weighted by Gasteiger charge is -2.21. The van der Waals surface area contributed by atoms with E-state index in [1.54, 1.807) is 30.3 Å². The van der Waals surface area contributed by atoms with Crippen LogP contribution in [0.3, 0.4) is 0 Å². The molecule has 4 heterocycles. The van der Waals surface area contributed by atoms with Crippen LogP contribution in [0.25, 0.3) is 5.69 Å². The maximum Gasteiger partial charge on any atom is 0.259 e. The van der Waals surface area contributed by atoms with Gasteiger partial charge in [0, 0.05) is 44.0 Å². The van der Waals surface area contributed by atoms with Crippen LogP contribution < -0.4 is 9.64 Å². The number of nitrogens with zero attached hydrogens (tertiary/aromatic N) is 7. The zero-order chi connectivity index (χ0) is 20.7. The maximum absolute atomic E-state index is 14.6. The van der Waals surface area contributed by atoms with Crippen LogP contribution in [0.5, 0.6) is 5.88 Å². The Kier molecular flexibility index (Phi) is 4.38. The fraction of sp³-hybridized carbons (Fsp3) is 0.250. The van der Waals surface area contributed by atoms with Crippen molar-refractivity contribution in [2.24, 2.45) is 5.92 Å². The highest BCUT2D eigenvalue weighted by Gasteiger charge is 2.38. The fourth-order valence-corrected chi connectivity index (χ4v) is 3.88. The average molecular weight is 407 g/mol. The molecule has 1 saturated heterocycles. The number of halogens is 1. The molecule has 10 heteroatoms. The topological polar surface area (TPSA) is 89.3 Å². The molecule has 2 aromatic heterocycles. The number of hydrogen-bond donors (Lipinski definition) is 0. The minimum Gasteiger partial charge on any atom is -0.481 e. The van der Waals surface area contributed by atoms with Crippen molar-refractivity contribution in [1.82, 2.24) is 29.9 Å². The van der Waals surface area contributed by atoms with Crippen LogP contribution in [0, 0.1) is 11.7 Å². The van der Waals surface area contributed by atoms with Gasteiger partial charge < -0.3 is 14.5 Å². The van der Waals surface area contributed by atoms with E-state index in [2.05, 4.69) is 20.2 Å². The average Bonchev–Trinajstić information content (AvgIpc) is 3.49. The number of aromatic nitrogens is 5. The third kappa shape index (κ3) is 3.06. The van der Waals surface area contributed by atoms with E-state index in [1.807, 2.05) is 11.1 Å². The van der Waals surface area contributed by atoms with Crippen LogP contribution in [0.15, 0.2) is 54.6 Å². The number of anilines is 1. The number of rotatable bonds is 4. The van der Waals surface area contributed by atoms with Crippen molar-refractivity contribution in [3.8, 4) is 11.6 Å². The lowest BCUT2D eigenvalue weighted by molar-refractivity contribution is 0.0784. The van der Waals surface area contributed by atoms with Gasteiger partial charge in [0.1, 0.15) is 17.1 Å². The van der Waals surface area contributed by atoms with Crippen LogP contribution in [0.4, 0.5) is 10.3 Å². The SMILES string of the molecule is COc1ccnc(N2C=C3CN(C(=O)c4c(F)cccc4-n4nccn4)CC3C2)n1. The van der Waals surface area contributed by atoms with Gasteiger partial charge in [-0.1, -0.05) is 6.07 Å². The van der Waals surface area contributed by atoms with E-state index < -0.39 is 5.82 Å². The standard InChI is InChI=1S/C20H18FN7O2/c1-30-17-5-6-22-20(25-17)27-11-13-9-26(10-14(13)12-27)19(29)18-15(21)3-2-4-16(18)28-23-7-8-24-28/h2-8,11,14H,9-10,12H2,1H3. The predicted molar refractivity (Wildman–Crippen MR) is 105 cm³/mol. The number of likely N-dealkylation sites (tertiary alicyclic amines) is 1. The lowest BCUT2D eigenvalue weighted by atomic mass is 10.1. The molecule has 1 fully saturated rings. The second-order valence-electron chi connectivity index (χ2n) is 7.09. The number of carbonyl (C=O) groups is 1. The zero-order valence-electron chi connectivity index (χ0n) is 16.1. The van der Waals surface area contributed by atoms with Gasteiger partial charge in [0.2, 0.25) is 11.8 Å². The molecule has 0 N–H and O–H groups in total. The van der Waals surface area contributed by atoms with E-state index in [-0.39, 0.29) is 17.4 Å². The van der Waals surface area contributed by atoms with Crippen LogP contribution in [-0.2, 0) is 0 Å². The Morgan fingerprint density at radius 3 is 2.77 bits per heavy atom. The first-order valence-electron chi connectivity index (χ1n) is 9.43. The molecule has 2 aliphatic rings. The molecule has 9 nitrogen and oxygen atoms in total. The Balaban J connectivity index is 1.39. The summed E-state index contributed by atoms with van der Waals surface area (Å²) in [5, 5.41) is 8.08. The number of fused-ring (bicyclic) bond motifs is 1. The summed E-state index contributed by atoms with van der Waals surface area (Å²) < 4.78 is 19.8. The van der Waals surface area contributed by atoms with Gasteiger partial charge in [0.05, 0.1) is 19.5 Å². The van der Waals surface area contributed by atoms with Crippen molar-refractivity contribution < 1.29 is 13.9 Å². The number of amides is 1. The third-order valence-electron chi connectivity index (χ3n) is 5.29. The van der Waals surface area contributed by atoms with Crippen molar-refractivity contribution in [1.29, 1.82) is 0 Å². The zero-order valence-corrected chi connectivity index (χ0v) is 16.1. The van der Waals surface area contributed by atoms with Crippen molar-refractivity contribution in [2.75, 3.05) is 31.6 Å². The second-order valence-corrected chi connectivity index (χ2v) is 7.09. The number of benzene rings is 1. The molecule has 30 heavy (non-hydrogen) atoms. The molecule has 0 spiro atoms. The van der Waals surface area contributed by atoms with Gasteiger partial charge in [-0.25, -0.2) is 9.37 Å². The normalized spacial score (nSPS) is 17.8. The molecule has 0 aliphatic carbocycles. The molecule has 2 aliphatic heterocycles. The summed E-state index contributed by atoms with van der Waals surface area (Å²) in [6.07, 6.45) is 6.58. The van der Waals surface area contributed by atoms with Crippen molar-refractivity contribution in [3.05, 3.63) is 66.0 Å². The first kappa shape index (κ1) is 18.2. The highest BCUT2D eigenvalue weighted by atomic mass is 19.1. The molecular weight excluding hydrogens is 389 g/mol. The Morgan fingerprint density at radius 1 is 1.17 bits per heavy atom. The summed E-state index contributed by atoms with van der Waals surface area (Å²) in [7, 11) is 1.56. The van der Waals surface area contributed by atoms with E-state index in [1.165, 1.54) is 29.3 Å². The molecule has 0 bridgehead atoms. The maximum atomic E-state index is 14.6. The van der Waals surface area contributed by atoms with Gasteiger partial charge in [-0.05, 0) is 17.7 Å². The van der Waals surface area contributed by atoms with Crippen LogP contribution >= 0.6 is 0 Å². The van der Waals surface area contributed by atoms with Gasteiger partial charge >= 0.3 is 0 Å². The summed E-state index contributed by atoms with van der Waals surface area (Å²) >= 11 is 0. The van der Waals surface area contributed by atoms with Crippen molar-refractivity contribution in [2.45, 2.75) is 0 Å². The molecule has 0 saturated carbocycles. The highest BCUT2D eigenvalue weighted by molar-refractivity contribution is 5.98. The monoisotopic (exact) mass is 407 g/mol. The molecule has 1 atom stereocenters. The summed E-state index contributed by atoms with van der Waals surface area (Å²) in [6, 6.07) is 6.14. The Labute approximate surface area is 171 Å². The van der Waals surface area contributed by atoms with E-state index >= 15 is 0 Å². The van der Waals surface area contributed by atoms with Gasteiger partial charge in [0.15, 0.2) is 0 Å². The molecule has 5 rings (SSSR count). The number of hydrogen-bond acceptors (Lipinski definition) is 7. The number of carbonyl (C=O) groups excluding carboxylic acids is 1. The van der Waals surface area contributed by atoms with Crippen molar-refractivity contribution >= 4 is 11.9 Å². The highest BCUT2D eigenvalue weighted by Crippen LogP contribution is 2.33. The number of methoxy groups -OCH3 is 1. The molecule has 152 valence electrons. The molecule has 1 aromatic carbocycles. The summed E-state index contributed by atoms with van der Waals surface area (Å²) in [4.78, 5) is 26.7. The summed E-state index contributed by atoms with van der Waals surface area (Å²) in [5.41, 5.74) is 1.38. The second kappa shape index (κ2) is 7.21. The Morgan fingerprint density at radius 2 is 2.00 bits per heavy atom. The molecule has 1 amide bonds. The smallest absolute Gasteiger partial charge is 0.259 e.